The van der Waals surface area contributed by atoms with Crippen molar-refractivity contribution in [3.63, 3.8) is 0 Å². The van der Waals surface area contributed by atoms with Crippen molar-refractivity contribution in [2.45, 2.75) is 18.9 Å². The number of halogens is 3. The zero-order chi connectivity index (χ0) is 20.7. The van der Waals surface area contributed by atoms with Gasteiger partial charge in [0.15, 0.2) is 5.01 Å². The third-order valence-corrected chi connectivity index (χ3v) is 5.10. The second kappa shape index (κ2) is 7.39. The van der Waals surface area contributed by atoms with Gasteiger partial charge in [-0.1, -0.05) is 18.2 Å². The van der Waals surface area contributed by atoms with Crippen LogP contribution in [0.3, 0.4) is 0 Å². The van der Waals surface area contributed by atoms with Gasteiger partial charge in [0.05, 0.1) is 16.8 Å². The highest BCUT2D eigenvalue weighted by atomic mass is 32.1. The monoisotopic (exact) mass is 435 g/mol. The third-order valence-electron chi connectivity index (χ3n) is 3.79. The minimum atomic E-state index is -4.74. The van der Waals surface area contributed by atoms with Crippen LogP contribution in [-0.2, 0) is 15.8 Å². The van der Waals surface area contributed by atoms with Gasteiger partial charge in [-0.05, 0) is 6.07 Å². The molecule has 0 aliphatic rings. The molecule has 1 unspecified atom stereocenters. The number of carbonyl (C=O) groups is 1. The van der Waals surface area contributed by atoms with Crippen LogP contribution in [0.2, 0.25) is 0 Å². The van der Waals surface area contributed by atoms with Crippen LogP contribution in [0.4, 0.5) is 13.2 Å². The van der Waals surface area contributed by atoms with Crippen LogP contribution in [-0.4, -0.2) is 31.3 Å². The molecule has 0 saturated heterocycles. The summed E-state index contributed by atoms with van der Waals surface area (Å²) >= 11 is 0.727. The summed E-state index contributed by atoms with van der Waals surface area (Å²) < 4.78 is 54.9. The quantitative estimate of drug-likeness (QED) is 0.401. The summed E-state index contributed by atoms with van der Waals surface area (Å²) in [6.45, 7) is -0.528. The molecule has 28 heavy (non-hydrogen) atoms. The highest BCUT2D eigenvalue weighted by Gasteiger charge is 2.39. The minimum absolute atomic E-state index is 0.103. The van der Waals surface area contributed by atoms with E-state index in [1.54, 1.807) is 24.3 Å². The zero-order valence-corrected chi connectivity index (χ0v) is 15.5. The number of phosphoric acid groups is 1. The molecule has 3 rings (SSSR count). The number of aromatic nitrogens is 2. The number of nitrogens with two attached hydrogens (primary N) is 1. The Bertz CT molecular complexity index is 1070. The smallest absolute Gasteiger partial charge is 0.322 e. The number of nitrogens with zero attached hydrogens (tertiary/aromatic N) is 2. The lowest BCUT2D eigenvalue weighted by atomic mass is 10.1. The molecule has 0 amide bonds. The number of fused-ring (bicyclic) bond motifs is 1. The van der Waals surface area contributed by atoms with Gasteiger partial charge in [-0.3, -0.25) is 9.32 Å². The Kier molecular flexibility index (Phi) is 5.45. The van der Waals surface area contributed by atoms with Crippen LogP contribution in [0.5, 0.6) is 0 Å². The molecule has 0 bridgehead atoms. The molecule has 0 spiro atoms. The van der Waals surface area contributed by atoms with E-state index < -0.39 is 38.2 Å². The second-order valence-corrected chi connectivity index (χ2v) is 7.80. The molecule has 0 aliphatic heterocycles. The Balaban J connectivity index is 1.96. The van der Waals surface area contributed by atoms with Crippen molar-refractivity contribution in [2.24, 2.45) is 5.73 Å². The molecule has 3 aromatic rings. The summed E-state index contributed by atoms with van der Waals surface area (Å²) in [6, 6.07) is 4.17. The van der Waals surface area contributed by atoms with Gasteiger partial charge in [-0.2, -0.15) is 13.2 Å². The molecule has 4 N–H and O–H groups in total. The normalized spacial score (nSPS) is 13.8. The van der Waals surface area contributed by atoms with Crippen LogP contribution < -0.4 is 5.73 Å². The zero-order valence-electron chi connectivity index (χ0n) is 13.8. The van der Waals surface area contributed by atoms with Crippen molar-refractivity contribution in [3.05, 3.63) is 52.1 Å². The number of para-hydroxylation sites is 1. The van der Waals surface area contributed by atoms with E-state index in [4.69, 9.17) is 15.5 Å². The molecule has 2 heterocycles. The molecule has 0 radical (unpaired) electrons. The van der Waals surface area contributed by atoms with Crippen molar-refractivity contribution >= 4 is 35.8 Å². The van der Waals surface area contributed by atoms with Crippen molar-refractivity contribution in [2.75, 3.05) is 0 Å². The number of alkyl halides is 3. The van der Waals surface area contributed by atoms with Gasteiger partial charge in [0, 0.05) is 17.0 Å². The van der Waals surface area contributed by atoms with Gasteiger partial charge in [-0.15, -0.1) is 11.3 Å². The predicted octanol–water partition coefficient (Wildman–Crippen LogP) is 2.96. The van der Waals surface area contributed by atoms with E-state index in [2.05, 4.69) is 9.51 Å². The fourth-order valence-electron chi connectivity index (χ4n) is 2.49. The van der Waals surface area contributed by atoms with Gasteiger partial charge >= 0.3 is 14.0 Å². The number of hydrogen-bond acceptors (Lipinski definition) is 6. The summed E-state index contributed by atoms with van der Waals surface area (Å²) in [6.07, 6.45) is -3.39. The minimum Gasteiger partial charge on any atom is -0.322 e. The Hall–Kier alpha value is -2.08. The molecular formula is C15H13F3N3O5PS. The Morgan fingerprint density at radius 2 is 2.04 bits per heavy atom. The van der Waals surface area contributed by atoms with Crippen molar-refractivity contribution in [3.8, 4) is 0 Å². The summed E-state index contributed by atoms with van der Waals surface area (Å²) in [5.41, 5.74) is 5.20. The molecule has 1 aromatic carbocycles. The average Bonchev–Trinajstić information content (AvgIpc) is 3.22. The van der Waals surface area contributed by atoms with Gasteiger partial charge in [-0.25, -0.2) is 9.55 Å². The average molecular weight is 435 g/mol. The fraction of sp³-hybridized carbons (Fsp3) is 0.200. The molecule has 13 heteroatoms. The number of thiazole rings is 1. The molecule has 0 saturated carbocycles. The van der Waals surface area contributed by atoms with Crippen molar-refractivity contribution in [1.82, 2.24) is 9.55 Å². The van der Waals surface area contributed by atoms with E-state index in [-0.39, 0.29) is 10.6 Å². The standard InChI is InChI=1S/C15H13F3N3O5PS/c16-15(17,18)13(19)10-6-28-14(20-10)12(22)9-5-21(7-26-27(23,24)25)11-4-2-1-3-8(9)11/h1-6,13H,7,19H2,(H2,23,24,25). The number of rotatable bonds is 6. The van der Waals surface area contributed by atoms with E-state index in [9.17, 15) is 22.5 Å². The highest BCUT2D eigenvalue weighted by Crippen LogP contribution is 2.37. The molecular weight excluding hydrogens is 422 g/mol. The third kappa shape index (κ3) is 4.32. The summed E-state index contributed by atoms with van der Waals surface area (Å²) in [4.78, 5) is 34.2. The lowest BCUT2D eigenvalue weighted by Crippen LogP contribution is -2.28. The Morgan fingerprint density at radius 3 is 2.68 bits per heavy atom. The van der Waals surface area contributed by atoms with Crippen LogP contribution in [0.25, 0.3) is 10.9 Å². The Morgan fingerprint density at radius 1 is 1.36 bits per heavy atom. The molecule has 8 nitrogen and oxygen atoms in total. The highest BCUT2D eigenvalue weighted by molar-refractivity contribution is 7.46. The molecule has 2 aromatic heterocycles. The van der Waals surface area contributed by atoms with Gasteiger partial charge < -0.3 is 20.1 Å². The summed E-state index contributed by atoms with van der Waals surface area (Å²) in [7, 11) is -4.74. The molecule has 1 atom stereocenters. The predicted molar refractivity (Wildman–Crippen MR) is 93.6 cm³/mol. The van der Waals surface area contributed by atoms with E-state index in [1.807, 2.05) is 0 Å². The first-order valence-corrected chi connectivity index (χ1v) is 9.99. The first-order valence-electron chi connectivity index (χ1n) is 7.58. The van der Waals surface area contributed by atoms with Crippen molar-refractivity contribution in [1.29, 1.82) is 0 Å². The number of phosphoric ester groups is 1. The number of hydrogen-bond donors (Lipinski definition) is 3. The van der Waals surface area contributed by atoms with Crippen molar-refractivity contribution < 1.29 is 36.8 Å². The fourth-order valence-corrected chi connectivity index (χ4v) is 3.57. The van der Waals surface area contributed by atoms with Crippen LogP contribution in [0.15, 0.2) is 35.8 Å². The lowest BCUT2D eigenvalue weighted by Gasteiger charge is -2.12. The van der Waals surface area contributed by atoms with Gasteiger partial charge in [0.25, 0.3) is 0 Å². The largest absolute Gasteiger partial charge is 0.471 e. The molecule has 0 fully saturated rings. The van der Waals surface area contributed by atoms with E-state index in [0.717, 1.165) is 16.7 Å². The van der Waals surface area contributed by atoms with Crippen LogP contribution in [0, 0.1) is 0 Å². The topological polar surface area (TPSA) is 128 Å². The first kappa shape index (κ1) is 20.6. The van der Waals surface area contributed by atoms with E-state index in [0.29, 0.717) is 10.9 Å². The van der Waals surface area contributed by atoms with Gasteiger partial charge in [0.2, 0.25) is 5.78 Å². The number of carbonyl (C=O) groups excluding carboxylic acids is 1. The maximum absolute atomic E-state index is 12.8. The SMILES string of the molecule is NC(c1csc(C(=O)c2cn(COP(=O)(O)O)c3ccccc23)n1)C(F)(F)F. The summed E-state index contributed by atoms with van der Waals surface area (Å²) in [5, 5.41) is 1.31. The summed E-state index contributed by atoms with van der Waals surface area (Å²) in [5.74, 6) is -0.642. The molecule has 0 aliphatic carbocycles. The lowest BCUT2D eigenvalue weighted by molar-refractivity contribution is -0.149. The second-order valence-electron chi connectivity index (χ2n) is 5.70. The van der Waals surface area contributed by atoms with E-state index >= 15 is 0 Å². The first-order chi connectivity index (χ1) is 13.0. The van der Waals surface area contributed by atoms with Crippen LogP contribution >= 0.6 is 19.2 Å². The van der Waals surface area contributed by atoms with Crippen LogP contribution in [0.1, 0.15) is 27.1 Å². The van der Waals surface area contributed by atoms with Gasteiger partial charge in [0.1, 0.15) is 12.8 Å². The molecule has 150 valence electrons. The maximum atomic E-state index is 12.8. The number of ketones is 1. The van der Waals surface area contributed by atoms with E-state index in [1.165, 1.54) is 10.8 Å². The Labute approximate surface area is 159 Å². The number of benzene rings is 1. The maximum Gasteiger partial charge on any atom is 0.471 e.